The summed E-state index contributed by atoms with van der Waals surface area (Å²) in [5, 5.41) is 5.70. The zero-order valence-corrected chi connectivity index (χ0v) is 14.8. The maximum atomic E-state index is 11.7. The first-order chi connectivity index (χ1) is 9.31. The second kappa shape index (κ2) is 9.25. The second-order valence-corrected chi connectivity index (χ2v) is 5.93. The maximum Gasteiger partial charge on any atom is 0.243 e. The zero-order valence-electron chi connectivity index (χ0n) is 11.7. The second-order valence-electron chi connectivity index (χ2n) is 4.66. The van der Waals surface area contributed by atoms with Crippen molar-refractivity contribution in [1.29, 1.82) is 0 Å². The molecule has 0 aromatic heterocycles. The molecule has 0 heterocycles. The minimum atomic E-state index is -0.618. The van der Waals surface area contributed by atoms with Gasteiger partial charge in [-0.05, 0) is 40.0 Å². The van der Waals surface area contributed by atoms with E-state index in [9.17, 15) is 9.59 Å². The van der Waals surface area contributed by atoms with Crippen molar-refractivity contribution in [3.8, 4) is 0 Å². The number of hydrogen-bond donors (Lipinski definition) is 3. The number of carbonyl (C=O) groups excluding carboxylic acids is 2. The third kappa shape index (κ3) is 6.65. The first kappa shape index (κ1) is 20.2. The lowest BCUT2D eigenvalue weighted by molar-refractivity contribution is -0.125. The van der Waals surface area contributed by atoms with Crippen LogP contribution in [0.15, 0.2) is 22.7 Å². The van der Waals surface area contributed by atoms with Crippen molar-refractivity contribution in [2.24, 2.45) is 11.7 Å². The number of hydrogen-bond acceptors (Lipinski definition) is 3. The lowest BCUT2D eigenvalue weighted by Crippen LogP contribution is -2.46. The summed E-state index contributed by atoms with van der Waals surface area (Å²) in [4.78, 5) is 23.3. The zero-order chi connectivity index (χ0) is 15.3. The number of halogens is 3. The van der Waals surface area contributed by atoms with Gasteiger partial charge in [0.25, 0.3) is 0 Å². The molecule has 1 rings (SSSR count). The van der Waals surface area contributed by atoms with Crippen LogP contribution < -0.4 is 16.4 Å². The average molecular weight is 399 g/mol. The molecule has 0 fully saturated rings. The number of carbonyl (C=O) groups is 2. The molecule has 5 nitrogen and oxygen atoms in total. The van der Waals surface area contributed by atoms with E-state index in [0.717, 1.165) is 0 Å². The summed E-state index contributed by atoms with van der Waals surface area (Å²) >= 11 is 9.12. The van der Waals surface area contributed by atoms with Crippen LogP contribution >= 0.6 is 39.9 Å². The van der Waals surface area contributed by atoms with Crippen LogP contribution in [0.25, 0.3) is 0 Å². The van der Waals surface area contributed by atoms with E-state index in [-0.39, 0.29) is 36.7 Å². The smallest absolute Gasteiger partial charge is 0.243 e. The molecular formula is C13H18BrCl2N3O2. The van der Waals surface area contributed by atoms with Crippen molar-refractivity contribution < 1.29 is 9.59 Å². The summed E-state index contributed by atoms with van der Waals surface area (Å²) in [7, 11) is 0. The highest BCUT2D eigenvalue weighted by Gasteiger charge is 2.17. The molecule has 21 heavy (non-hydrogen) atoms. The summed E-state index contributed by atoms with van der Waals surface area (Å²) < 4.78 is 0.683. The molecule has 0 saturated carbocycles. The number of nitrogens with two attached hydrogens (primary N) is 1. The van der Waals surface area contributed by atoms with Gasteiger partial charge in [-0.15, -0.1) is 12.4 Å². The molecule has 0 unspecified atom stereocenters. The number of benzene rings is 1. The van der Waals surface area contributed by atoms with E-state index in [0.29, 0.717) is 15.2 Å². The average Bonchev–Trinajstić information content (AvgIpc) is 2.39. The Bertz CT molecular complexity index is 512. The maximum absolute atomic E-state index is 11.7. The SMILES string of the molecule is CC(C)[C@H](N)C(=O)NCC(=O)Nc1ccc(Cl)c(Br)c1.Cl. The summed E-state index contributed by atoms with van der Waals surface area (Å²) in [6.45, 7) is 3.56. The van der Waals surface area contributed by atoms with E-state index in [2.05, 4.69) is 26.6 Å². The van der Waals surface area contributed by atoms with E-state index in [1.165, 1.54) is 0 Å². The Morgan fingerprint density at radius 2 is 2.00 bits per heavy atom. The van der Waals surface area contributed by atoms with Crippen LogP contribution in [0.4, 0.5) is 5.69 Å². The molecule has 1 atom stereocenters. The molecule has 8 heteroatoms. The monoisotopic (exact) mass is 397 g/mol. The van der Waals surface area contributed by atoms with E-state index >= 15 is 0 Å². The van der Waals surface area contributed by atoms with Crippen LogP contribution in [0.1, 0.15) is 13.8 Å². The largest absolute Gasteiger partial charge is 0.346 e. The van der Waals surface area contributed by atoms with Gasteiger partial charge in [-0.1, -0.05) is 25.4 Å². The molecule has 2 amide bonds. The standard InChI is InChI=1S/C13H17BrClN3O2.ClH/c1-7(2)12(16)13(20)17-6-11(19)18-8-3-4-10(15)9(14)5-8;/h3-5,7,12H,6,16H2,1-2H3,(H,17,20)(H,18,19);1H/t12-;/m0./s1. The summed E-state index contributed by atoms with van der Waals surface area (Å²) in [5.41, 5.74) is 6.26. The van der Waals surface area contributed by atoms with Gasteiger partial charge in [0.15, 0.2) is 0 Å². The molecule has 4 N–H and O–H groups in total. The van der Waals surface area contributed by atoms with Gasteiger partial charge in [0, 0.05) is 10.2 Å². The Hall–Kier alpha value is -0.820. The van der Waals surface area contributed by atoms with Gasteiger partial charge in [-0.25, -0.2) is 0 Å². The fourth-order valence-electron chi connectivity index (χ4n) is 1.37. The van der Waals surface area contributed by atoms with E-state index in [4.69, 9.17) is 17.3 Å². The first-order valence-electron chi connectivity index (χ1n) is 6.09. The number of anilines is 1. The molecule has 1 aromatic rings. The summed E-state index contributed by atoms with van der Waals surface area (Å²) in [6.07, 6.45) is 0. The van der Waals surface area contributed by atoms with Crippen LogP contribution in [0.3, 0.4) is 0 Å². The van der Waals surface area contributed by atoms with Gasteiger partial charge in [0.2, 0.25) is 11.8 Å². The van der Waals surface area contributed by atoms with Crippen LogP contribution in [0.5, 0.6) is 0 Å². The van der Waals surface area contributed by atoms with Gasteiger partial charge in [-0.3, -0.25) is 9.59 Å². The van der Waals surface area contributed by atoms with Crippen LogP contribution in [0, 0.1) is 5.92 Å². The Balaban J connectivity index is 0.00000400. The van der Waals surface area contributed by atoms with Gasteiger partial charge >= 0.3 is 0 Å². The van der Waals surface area contributed by atoms with Crippen molar-refractivity contribution >= 4 is 57.4 Å². The predicted octanol–water partition coefficient (Wildman–Crippen LogP) is 2.56. The van der Waals surface area contributed by atoms with E-state index < -0.39 is 6.04 Å². The Kier molecular flexibility index (Phi) is 8.89. The lowest BCUT2D eigenvalue weighted by atomic mass is 10.1. The summed E-state index contributed by atoms with van der Waals surface area (Å²) in [5.74, 6) is -0.652. The number of nitrogens with one attached hydrogen (secondary N) is 2. The topological polar surface area (TPSA) is 84.2 Å². The molecule has 0 saturated heterocycles. The molecule has 0 radical (unpaired) electrons. The van der Waals surface area contributed by atoms with Gasteiger partial charge in [0.1, 0.15) is 0 Å². The Morgan fingerprint density at radius 1 is 1.38 bits per heavy atom. The van der Waals surface area contributed by atoms with Gasteiger partial charge < -0.3 is 16.4 Å². The quantitative estimate of drug-likeness (QED) is 0.712. The highest BCUT2D eigenvalue weighted by Crippen LogP contribution is 2.25. The van der Waals surface area contributed by atoms with Crippen molar-refractivity contribution in [2.75, 3.05) is 11.9 Å². The van der Waals surface area contributed by atoms with Crippen molar-refractivity contribution in [3.63, 3.8) is 0 Å². The van der Waals surface area contributed by atoms with Crippen molar-refractivity contribution in [2.45, 2.75) is 19.9 Å². The van der Waals surface area contributed by atoms with E-state index in [1.807, 2.05) is 13.8 Å². The third-order valence-electron chi connectivity index (χ3n) is 2.65. The minimum Gasteiger partial charge on any atom is -0.346 e. The summed E-state index contributed by atoms with van der Waals surface area (Å²) in [6, 6.07) is 4.40. The number of amides is 2. The molecule has 0 aliphatic heterocycles. The van der Waals surface area contributed by atoms with Crippen LogP contribution in [-0.4, -0.2) is 24.4 Å². The molecule has 0 bridgehead atoms. The van der Waals surface area contributed by atoms with Crippen LogP contribution in [0.2, 0.25) is 5.02 Å². The lowest BCUT2D eigenvalue weighted by Gasteiger charge is -2.15. The predicted molar refractivity (Wildman–Crippen MR) is 90.9 cm³/mol. The van der Waals surface area contributed by atoms with Gasteiger partial charge in [0.05, 0.1) is 17.6 Å². The highest BCUT2D eigenvalue weighted by molar-refractivity contribution is 9.10. The van der Waals surface area contributed by atoms with Crippen LogP contribution in [-0.2, 0) is 9.59 Å². The van der Waals surface area contributed by atoms with Crippen molar-refractivity contribution in [1.82, 2.24) is 5.32 Å². The molecule has 118 valence electrons. The fourth-order valence-corrected chi connectivity index (χ4v) is 1.86. The molecule has 0 aliphatic carbocycles. The highest BCUT2D eigenvalue weighted by atomic mass is 79.9. The molecule has 1 aromatic carbocycles. The third-order valence-corrected chi connectivity index (χ3v) is 3.86. The number of rotatable bonds is 5. The van der Waals surface area contributed by atoms with E-state index in [1.54, 1.807) is 18.2 Å². The minimum absolute atomic E-state index is 0. The Morgan fingerprint density at radius 3 is 2.52 bits per heavy atom. The van der Waals surface area contributed by atoms with Gasteiger partial charge in [-0.2, -0.15) is 0 Å². The molecule has 0 aliphatic rings. The molecular weight excluding hydrogens is 381 g/mol. The normalized spacial score (nSPS) is 11.5. The molecule has 0 spiro atoms. The first-order valence-corrected chi connectivity index (χ1v) is 7.26. The Labute approximate surface area is 143 Å². The fraction of sp³-hybridized carbons (Fsp3) is 0.385. The van der Waals surface area contributed by atoms with Crippen molar-refractivity contribution in [3.05, 3.63) is 27.7 Å².